The average molecular weight is 917 g/mol. The number of hydrogen-bond donors (Lipinski definition) is 0. The Bertz CT molecular complexity index is 2950. The van der Waals surface area contributed by atoms with E-state index >= 15 is 0 Å². The lowest BCUT2D eigenvalue weighted by Gasteiger charge is -2.39. The number of benzene rings is 7. The van der Waals surface area contributed by atoms with Crippen molar-refractivity contribution in [3.8, 4) is 22.3 Å². The summed E-state index contributed by atoms with van der Waals surface area (Å²) < 4.78 is 0. The molecular formula is C68H72N2. The summed E-state index contributed by atoms with van der Waals surface area (Å²) >= 11 is 0. The first-order valence-electron chi connectivity index (χ1n) is 25.4. The van der Waals surface area contributed by atoms with Crippen LogP contribution in [-0.2, 0) is 5.41 Å². The highest BCUT2D eigenvalue weighted by molar-refractivity contribution is 5.94. The summed E-state index contributed by atoms with van der Waals surface area (Å²) in [5, 5.41) is 0. The third kappa shape index (κ3) is 10.9. The van der Waals surface area contributed by atoms with E-state index in [-0.39, 0.29) is 5.41 Å². The Morgan fingerprint density at radius 3 is 1.80 bits per heavy atom. The van der Waals surface area contributed by atoms with Gasteiger partial charge in [0.25, 0.3) is 0 Å². The molecule has 9 rings (SSSR count). The van der Waals surface area contributed by atoms with E-state index in [9.17, 15) is 0 Å². The van der Waals surface area contributed by atoms with E-state index in [4.69, 9.17) is 0 Å². The van der Waals surface area contributed by atoms with E-state index in [0.717, 1.165) is 24.4 Å². The van der Waals surface area contributed by atoms with Crippen LogP contribution in [0.25, 0.3) is 40.0 Å². The lowest BCUT2D eigenvalue weighted by atomic mass is 9.65. The van der Waals surface area contributed by atoms with E-state index in [1.165, 1.54) is 96.7 Å². The summed E-state index contributed by atoms with van der Waals surface area (Å²) in [6.07, 6.45) is 17.9. The van der Waals surface area contributed by atoms with Crippen LogP contribution >= 0.6 is 0 Å². The second-order valence-electron chi connectivity index (χ2n) is 18.2. The van der Waals surface area contributed by atoms with E-state index in [0.29, 0.717) is 5.92 Å². The molecule has 0 N–H and O–H groups in total. The van der Waals surface area contributed by atoms with E-state index in [1.807, 2.05) is 69.4 Å². The molecule has 7 aromatic rings. The third-order valence-electron chi connectivity index (χ3n) is 14.3. The lowest BCUT2D eigenvalue weighted by Crippen LogP contribution is -2.29. The van der Waals surface area contributed by atoms with Gasteiger partial charge in [-0.3, -0.25) is 0 Å². The van der Waals surface area contributed by atoms with Gasteiger partial charge in [-0.2, -0.15) is 0 Å². The summed E-state index contributed by atoms with van der Waals surface area (Å²) in [5.74, 6) is 0.324. The van der Waals surface area contributed by atoms with Crippen LogP contribution in [0.1, 0.15) is 114 Å². The Labute approximate surface area is 421 Å². The molecule has 0 radical (unpaired) electrons. The van der Waals surface area contributed by atoms with Crippen molar-refractivity contribution in [2.24, 2.45) is 0 Å². The van der Waals surface area contributed by atoms with Crippen molar-refractivity contribution in [2.75, 3.05) is 16.3 Å². The number of rotatable bonds is 13. The van der Waals surface area contributed by atoms with Gasteiger partial charge < -0.3 is 9.80 Å². The maximum atomic E-state index is 4.08. The minimum absolute atomic E-state index is 0.232. The molecular weight excluding hydrogens is 845 g/mol. The Morgan fingerprint density at radius 1 is 0.629 bits per heavy atom. The first-order chi connectivity index (χ1) is 34.2. The average Bonchev–Trinajstić information content (AvgIpc) is 3.42. The van der Waals surface area contributed by atoms with Crippen molar-refractivity contribution in [1.29, 1.82) is 0 Å². The molecule has 0 amide bonds. The fraction of sp³-hybridized carbons (Fsp3) is 0.206. The van der Waals surface area contributed by atoms with Crippen molar-refractivity contribution in [1.82, 2.24) is 0 Å². The van der Waals surface area contributed by atoms with Gasteiger partial charge in [0.1, 0.15) is 0 Å². The summed E-state index contributed by atoms with van der Waals surface area (Å²) in [7, 11) is 0. The molecule has 2 nitrogen and oxygen atoms in total. The number of allylic oxidation sites excluding steroid dienone is 6. The first kappa shape index (κ1) is 50.5. The normalized spacial score (nSPS) is 13.7. The van der Waals surface area contributed by atoms with E-state index < -0.39 is 0 Å². The van der Waals surface area contributed by atoms with Gasteiger partial charge >= 0.3 is 0 Å². The topological polar surface area (TPSA) is 6.48 Å². The molecule has 0 atom stereocenters. The summed E-state index contributed by atoms with van der Waals surface area (Å²) in [4.78, 5) is 4.60. The van der Waals surface area contributed by atoms with Crippen molar-refractivity contribution in [3.63, 3.8) is 0 Å². The summed E-state index contributed by atoms with van der Waals surface area (Å²) in [6.45, 7) is 26.3. The third-order valence-corrected chi connectivity index (χ3v) is 14.3. The molecule has 0 spiro atoms. The molecule has 0 saturated heterocycles. The highest BCUT2D eigenvalue weighted by Crippen LogP contribution is 2.52. The molecule has 70 heavy (non-hydrogen) atoms. The Hall–Kier alpha value is -7.42. The molecule has 7 aromatic carbocycles. The molecule has 0 bridgehead atoms. The molecule has 1 aliphatic heterocycles. The largest absolute Gasteiger partial charge is 0.338 e. The zero-order valence-electron chi connectivity index (χ0n) is 42.9. The van der Waals surface area contributed by atoms with Crippen LogP contribution in [0.2, 0.25) is 0 Å². The molecule has 0 aromatic heterocycles. The van der Waals surface area contributed by atoms with Gasteiger partial charge in [-0.25, -0.2) is 0 Å². The van der Waals surface area contributed by atoms with Crippen LogP contribution < -0.4 is 9.80 Å². The quantitative estimate of drug-likeness (QED) is 0.0646. The smallest absolute Gasteiger partial charge is 0.0546 e. The maximum absolute atomic E-state index is 4.08. The monoisotopic (exact) mass is 917 g/mol. The zero-order chi connectivity index (χ0) is 49.6. The van der Waals surface area contributed by atoms with Crippen LogP contribution in [0.5, 0.6) is 0 Å². The molecule has 0 saturated carbocycles. The van der Waals surface area contributed by atoms with Gasteiger partial charge in [0, 0.05) is 40.8 Å². The molecule has 1 aliphatic carbocycles. The zero-order valence-corrected chi connectivity index (χ0v) is 42.9. The van der Waals surface area contributed by atoms with E-state index in [2.05, 4.69) is 221 Å². The Kier molecular flexibility index (Phi) is 17.1. The standard InChI is InChI=1S/C50H47N.C16H19N.C2H6/c1-6-50(7-2)33-34(3)35(4)42-29-25-38(31-46(42)50)22-21-37-23-26-39(27-24-37)41-28-30-45(40-15-9-8-10-16-40)49(32-41)51-47-19-13-11-17-43(47)36(5)44-18-12-14-20-48(44)51;1-4-6-8-11-15(3)17(14-5-2)16-12-9-7-10-13-16;1-2/h8-32,36H,6-7,33H2,1-5H3;4-13H,2-3,14H2,1H3;1-2H3/b22-21+;6-4-,11-8-;. The second-order valence-corrected chi connectivity index (χ2v) is 18.2. The predicted molar refractivity (Wildman–Crippen MR) is 308 cm³/mol. The molecule has 0 unspecified atom stereocenters. The van der Waals surface area contributed by atoms with Crippen molar-refractivity contribution >= 4 is 40.5 Å². The molecule has 1 heterocycles. The fourth-order valence-corrected chi connectivity index (χ4v) is 10.2. The number of para-hydroxylation sites is 3. The molecule has 2 heteroatoms. The van der Waals surface area contributed by atoms with Crippen LogP contribution in [0, 0.1) is 0 Å². The van der Waals surface area contributed by atoms with Gasteiger partial charge in [-0.05, 0) is 138 Å². The van der Waals surface area contributed by atoms with Gasteiger partial charge in [-0.1, -0.05) is 223 Å². The summed E-state index contributed by atoms with van der Waals surface area (Å²) in [6, 6.07) is 61.9. The van der Waals surface area contributed by atoms with Crippen LogP contribution in [0.15, 0.2) is 225 Å². The number of nitrogens with zero attached hydrogens (tertiary/aromatic N) is 2. The SMILES string of the molecule is C=CCN(C(=C)/C=C\C=C/C)c1ccccc1.CC.CCC1(CC)CC(C)=C(C)c2ccc(/C=C/c3ccc(-c4ccc(-c5ccccc5)c(N5c6ccccc6C(C)c6ccccc65)c4)cc3)cc21. The maximum Gasteiger partial charge on any atom is 0.0546 e. The Balaban J connectivity index is 0.000000322. The van der Waals surface area contributed by atoms with Gasteiger partial charge in [-0.15, -0.1) is 6.58 Å². The van der Waals surface area contributed by atoms with Crippen LogP contribution in [0.4, 0.5) is 22.7 Å². The van der Waals surface area contributed by atoms with E-state index in [1.54, 1.807) is 0 Å². The molecule has 0 fully saturated rings. The minimum Gasteiger partial charge on any atom is -0.338 e. The fourth-order valence-electron chi connectivity index (χ4n) is 10.2. The second kappa shape index (κ2) is 23.7. The number of fused-ring (bicyclic) bond motifs is 3. The van der Waals surface area contributed by atoms with Crippen molar-refractivity contribution < 1.29 is 0 Å². The lowest BCUT2D eigenvalue weighted by molar-refractivity contribution is 0.386. The highest BCUT2D eigenvalue weighted by atomic mass is 15.2. The first-order valence-corrected chi connectivity index (χ1v) is 25.4. The summed E-state index contributed by atoms with van der Waals surface area (Å²) in [5.41, 5.74) is 22.0. The molecule has 2 aliphatic rings. The van der Waals surface area contributed by atoms with Gasteiger partial charge in [0.05, 0.1) is 5.69 Å². The predicted octanol–water partition coefficient (Wildman–Crippen LogP) is 19.7. The number of anilines is 4. The van der Waals surface area contributed by atoms with Gasteiger partial charge in [0.15, 0.2) is 0 Å². The van der Waals surface area contributed by atoms with Crippen LogP contribution in [0.3, 0.4) is 0 Å². The molecule has 354 valence electrons. The highest BCUT2D eigenvalue weighted by Gasteiger charge is 2.35. The Morgan fingerprint density at radius 2 is 1.19 bits per heavy atom. The van der Waals surface area contributed by atoms with Crippen LogP contribution in [-0.4, -0.2) is 6.54 Å². The minimum atomic E-state index is 0.232. The number of hydrogen-bond acceptors (Lipinski definition) is 2. The van der Waals surface area contributed by atoms with Crippen molar-refractivity contribution in [2.45, 2.75) is 86.0 Å². The van der Waals surface area contributed by atoms with Gasteiger partial charge in [0.2, 0.25) is 0 Å². The van der Waals surface area contributed by atoms with Crippen molar-refractivity contribution in [3.05, 3.63) is 258 Å².